The summed E-state index contributed by atoms with van der Waals surface area (Å²) in [6, 6.07) is -0.000602. The zero-order valence-electron chi connectivity index (χ0n) is 4.94. The molecule has 2 nitrogen and oxygen atoms in total. The normalized spacial score (nSPS) is 36.7. The van der Waals surface area contributed by atoms with E-state index in [0.29, 0.717) is 6.61 Å². The van der Waals surface area contributed by atoms with Crippen molar-refractivity contribution in [2.75, 3.05) is 13.2 Å². The fraction of sp³-hybridized carbons (Fsp3) is 1.00. The van der Waals surface area contributed by atoms with E-state index in [-0.39, 0.29) is 12.6 Å². The molecule has 2 unspecified atom stereocenters. The molecule has 54 valence electrons. The third kappa shape index (κ3) is 2.01. The molecule has 9 heavy (non-hydrogen) atoms. The second-order valence-electron chi connectivity index (χ2n) is 2.10. The first kappa shape index (κ1) is 7.68. The molecule has 1 rings (SSSR count). The van der Waals surface area contributed by atoms with Crippen molar-refractivity contribution < 1.29 is 9.13 Å². The molecule has 0 radical (unpaired) electrons. The molecular weight excluding hydrogens is 236 g/mol. The maximum Gasteiger partial charge on any atom is 0.139 e. The molecule has 1 N–H and O–H groups in total. The number of hydrogen-bond acceptors (Lipinski definition) is 2. The lowest BCUT2D eigenvalue weighted by Crippen LogP contribution is -2.39. The molecule has 1 saturated heterocycles. The summed E-state index contributed by atoms with van der Waals surface area (Å²) in [5, 5.41) is 0. The minimum absolute atomic E-state index is 0.000602. The summed E-state index contributed by atoms with van der Waals surface area (Å²) in [7, 11) is 0. The number of rotatable bonds is 1. The fourth-order valence-corrected chi connectivity index (χ4v) is 1.53. The minimum Gasteiger partial charge on any atom is -0.378 e. The Morgan fingerprint density at radius 2 is 2.44 bits per heavy atom. The lowest BCUT2D eigenvalue weighted by Gasteiger charge is -2.24. The van der Waals surface area contributed by atoms with E-state index in [9.17, 15) is 4.39 Å². The van der Waals surface area contributed by atoms with Gasteiger partial charge >= 0.3 is 0 Å². The van der Waals surface area contributed by atoms with Crippen molar-refractivity contribution in [1.29, 1.82) is 0 Å². The van der Waals surface area contributed by atoms with Gasteiger partial charge in [-0.1, -0.05) is 0 Å². The molecule has 2 atom stereocenters. The molecule has 0 amide bonds. The average molecular weight is 245 g/mol. The van der Waals surface area contributed by atoms with Gasteiger partial charge in [0.25, 0.3) is 0 Å². The van der Waals surface area contributed by atoms with E-state index in [1.807, 2.05) is 22.9 Å². The Kier molecular flexibility index (Phi) is 3.14. The molecule has 1 aliphatic heterocycles. The van der Waals surface area contributed by atoms with E-state index in [2.05, 4.69) is 3.53 Å². The van der Waals surface area contributed by atoms with Crippen LogP contribution in [0.15, 0.2) is 0 Å². The summed E-state index contributed by atoms with van der Waals surface area (Å²) in [6.45, 7) is 0.932. The smallest absolute Gasteiger partial charge is 0.139 e. The Labute approximate surface area is 67.6 Å². The van der Waals surface area contributed by atoms with Crippen LogP contribution in [0, 0.1) is 0 Å². The number of alkyl halides is 1. The Balaban J connectivity index is 2.30. The van der Waals surface area contributed by atoms with Gasteiger partial charge in [0, 0.05) is 29.5 Å². The monoisotopic (exact) mass is 245 g/mol. The van der Waals surface area contributed by atoms with E-state index in [0.717, 1.165) is 6.42 Å². The van der Waals surface area contributed by atoms with E-state index in [4.69, 9.17) is 4.74 Å². The summed E-state index contributed by atoms with van der Waals surface area (Å²) in [5.41, 5.74) is 0. The summed E-state index contributed by atoms with van der Waals surface area (Å²) >= 11 is 1.98. The van der Waals surface area contributed by atoms with E-state index in [1.54, 1.807) is 0 Å². The number of hydrogen-bond donors (Lipinski definition) is 1. The van der Waals surface area contributed by atoms with Crippen LogP contribution in [-0.4, -0.2) is 25.4 Å². The van der Waals surface area contributed by atoms with Crippen molar-refractivity contribution in [3.05, 3.63) is 0 Å². The van der Waals surface area contributed by atoms with Gasteiger partial charge in [0.2, 0.25) is 0 Å². The number of ether oxygens (including phenoxy) is 1. The van der Waals surface area contributed by atoms with Crippen LogP contribution in [0.2, 0.25) is 0 Å². The van der Waals surface area contributed by atoms with Crippen molar-refractivity contribution in [2.45, 2.75) is 18.6 Å². The zero-order chi connectivity index (χ0) is 6.69. The van der Waals surface area contributed by atoms with Crippen molar-refractivity contribution in [2.24, 2.45) is 0 Å². The van der Waals surface area contributed by atoms with Crippen molar-refractivity contribution in [1.82, 2.24) is 3.53 Å². The van der Waals surface area contributed by atoms with Crippen LogP contribution < -0.4 is 3.53 Å². The average Bonchev–Trinajstić information content (AvgIpc) is 1.89. The molecule has 0 spiro atoms. The van der Waals surface area contributed by atoms with Crippen LogP contribution in [0.3, 0.4) is 0 Å². The SMILES string of the molecule is FC1COCCC1NI. The molecule has 4 heteroatoms. The van der Waals surface area contributed by atoms with Gasteiger partial charge in [0.05, 0.1) is 12.6 Å². The van der Waals surface area contributed by atoms with Gasteiger partial charge in [0.1, 0.15) is 6.17 Å². The molecule has 0 saturated carbocycles. The molecule has 1 heterocycles. The lowest BCUT2D eigenvalue weighted by molar-refractivity contribution is 0.0215. The molecule has 0 aromatic carbocycles. The van der Waals surface area contributed by atoms with Gasteiger partial charge in [-0.3, -0.25) is 3.53 Å². The van der Waals surface area contributed by atoms with Crippen LogP contribution >= 0.6 is 22.9 Å². The van der Waals surface area contributed by atoms with Crippen molar-refractivity contribution >= 4 is 22.9 Å². The maximum absolute atomic E-state index is 12.7. The highest BCUT2D eigenvalue weighted by molar-refractivity contribution is 14.1. The molecule has 0 aromatic rings. The largest absolute Gasteiger partial charge is 0.378 e. The van der Waals surface area contributed by atoms with Gasteiger partial charge in [-0.05, 0) is 6.42 Å². The van der Waals surface area contributed by atoms with Crippen molar-refractivity contribution in [3.63, 3.8) is 0 Å². The fourth-order valence-electron chi connectivity index (χ4n) is 0.826. The van der Waals surface area contributed by atoms with E-state index in [1.165, 1.54) is 0 Å². The van der Waals surface area contributed by atoms with Crippen LogP contribution in [0.4, 0.5) is 4.39 Å². The molecule has 0 aliphatic carbocycles. The third-order valence-electron chi connectivity index (χ3n) is 1.43. The van der Waals surface area contributed by atoms with E-state index < -0.39 is 6.17 Å². The van der Waals surface area contributed by atoms with Crippen LogP contribution in [0.1, 0.15) is 6.42 Å². The minimum atomic E-state index is -0.823. The summed E-state index contributed by atoms with van der Waals surface area (Å²) in [6.07, 6.45) is -0.0416. The van der Waals surface area contributed by atoms with Crippen LogP contribution in [0.5, 0.6) is 0 Å². The van der Waals surface area contributed by atoms with Crippen LogP contribution in [0.25, 0.3) is 0 Å². The highest BCUT2D eigenvalue weighted by Crippen LogP contribution is 2.11. The molecule has 1 aliphatic rings. The second kappa shape index (κ2) is 3.68. The first-order valence-corrected chi connectivity index (χ1v) is 4.00. The molecule has 0 aromatic heterocycles. The van der Waals surface area contributed by atoms with E-state index >= 15 is 0 Å². The predicted molar refractivity (Wildman–Crippen MR) is 41.3 cm³/mol. The Hall–Kier alpha value is 0.580. The highest BCUT2D eigenvalue weighted by Gasteiger charge is 2.23. The van der Waals surface area contributed by atoms with Gasteiger partial charge in [-0.15, -0.1) is 0 Å². The summed E-state index contributed by atoms with van der Waals surface area (Å²) in [5.74, 6) is 0. The predicted octanol–water partition coefficient (Wildman–Crippen LogP) is 1.05. The maximum atomic E-state index is 12.7. The standard InChI is InChI=1S/C5H9FINO/c6-4-3-9-2-1-5(4)8-7/h4-5,8H,1-3H2. The Morgan fingerprint density at radius 3 is 2.89 bits per heavy atom. The molecule has 0 bridgehead atoms. The summed E-state index contributed by atoms with van der Waals surface area (Å²) in [4.78, 5) is 0. The zero-order valence-corrected chi connectivity index (χ0v) is 7.10. The topological polar surface area (TPSA) is 21.3 Å². The lowest BCUT2D eigenvalue weighted by atomic mass is 10.1. The van der Waals surface area contributed by atoms with Crippen LogP contribution in [-0.2, 0) is 4.74 Å². The number of nitrogens with one attached hydrogen (secondary N) is 1. The van der Waals surface area contributed by atoms with Gasteiger partial charge < -0.3 is 4.74 Å². The van der Waals surface area contributed by atoms with Gasteiger partial charge in [0.15, 0.2) is 0 Å². The highest BCUT2D eigenvalue weighted by atomic mass is 127. The Morgan fingerprint density at radius 1 is 1.67 bits per heavy atom. The molecular formula is C5H9FINO. The quantitative estimate of drug-likeness (QED) is 0.550. The second-order valence-corrected chi connectivity index (χ2v) is 2.72. The first-order chi connectivity index (χ1) is 4.34. The number of halogens is 2. The van der Waals surface area contributed by atoms with Gasteiger partial charge in [-0.25, -0.2) is 4.39 Å². The molecule has 1 fully saturated rings. The van der Waals surface area contributed by atoms with Gasteiger partial charge in [-0.2, -0.15) is 0 Å². The Bertz CT molecular complexity index is 93.0. The third-order valence-corrected chi connectivity index (χ3v) is 2.23. The first-order valence-electron chi connectivity index (χ1n) is 2.92. The van der Waals surface area contributed by atoms with Crippen molar-refractivity contribution in [3.8, 4) is 0 Å². The summed E-state index contributed by atoms with van der Waals surface area (Å²) < 4.78 is 20.4.